The van der Waals surface area contributed by atoms with Crippen LogP contribution in [0.3, 0.4) is 0 Å². The molecule has 0 spiro atoms. The van der Waals surface area contributed by atoms with Crippen molar-refractivity contribution in [2.75, 3.05) is 11.5 Å². The summed E-state index contributed by atoms with van der Waals surface area (Å²) in [6, 6.07) is 4.07. The van der Waals surface area contributed by atoms with E-state index < -0.39 is 15.4 Å². The third kappa shape index (κ3) is 4.31. The second-order valence-corrected chi connectivity index (χ2v) is 8.60. The van der Waals surface area contributed by atoms with Crippen molar-refractivity contribution in [3.63, 3.8) is 0 Å². The summed E-state index contributed by atoms with van der Waals surface area (Å²) in [6.07, 6.45) is 2.68. The Morgan fingerprint density at radius 1 is 1.53 bits per heavy atom. The Bertz CT molecular complexity index is 536. The molecule has 2 heterocycles. The second kappa shape index (κ2) is 5.63. The molecule has 106 valence electrons. The summed E-state index contributed by atoms with van der Waals surface area (Å²) in [5.74, 6) is 0.200. The van der Waals surface area contributed by atoms with E-state index in [0.29, 0.717) is 12.8 Å². The summed E-state index contributed by atoms with van der Waals surface area (Å²) in [5, 5.41) is 4.90. The molecule has 0 saturated carbocycles. The lowest BCUT2D eigenvalue weighted by molar-refractivity contribution is -0.122. The van der Waals surface area contributed by atoms with Crippen LogP contribution >= 0.6 is 11.3 Å². The Balaban J connectivity index is 1.75. The van der Waals surface area contributed by atoms with Gasteiger partial charge in [-0.25, -0.2) is 8.42 Å². The first-order valence-electron chi connectivity index (χ1n) is 6.42. The summed E-state index contributed by atoms with van der Waals surface area (Å²) < 4.78 is 22.9. The van der Waals surface area contributed by atoms with Crippen molar-refractivity contribution in [3.05, 3.63) is 22.4 Å². The number of nitrogens with one attached hydrogen (secondary N) is 1. The van der Waals surface area contributed by atoms with Crippen molar-refractivity contribution in [2.24, 2.45) is 0 Å². The first kappa shape index (κ1) is 14.5. The molecule has 1 saturated heterocycles. The topological polar surface area (TPSA) is 63.2 Å². The predicted molar refractivity (Wildman–Crippen MR) is 77.1 cm³/mol. The zero-order valence-corrected chi connectivity index (χ0v) is 12.6. The molecular formula is C13H19NO3S2. The van der Waals surface area contributed by atoms with E-state index >= 15 is 0 Å². The number of carbonyl (C=O) groups excluding carboxylic acids is 1. The predicted octanol–water partition coefficient (Wildman–Crippen LogP) is 1.76. The summed E-state index contributed by atoms with van der Waals surface area (Å²) in [6.45, 7) is 1.81. The van der Waals surface area contributed by atoms with Crippen molar-refractivity contribution in [1.29, 1.82) is 0 Å². The zero-order chi connectivity index (χ0) is 13.9. The maximum absolute atomic E-state index is 11.8. The number of carbonyl (C=O) groups is 1. The quantitative estimate of drug-likeness (QED) is 0.901. The van der Waals surface area contributed by atoms with E-state index in [2.05, 4.69) is 11.4 Å². The van der Waals surface area contributed by atoms with E-state index in [9.17, 15) is 13.2 Å². The molecule has 2 rings (SSSR count). The minimum atomic E-state index is -2.97. The minimum absolute atomic E-state index is 0.0452. The molecule has 0 radical (unpaired) electrons. The highest BCUT2D eigenvalue weighted by molar-refractivity contribution is 7.91. The number of aryl methyl sites for hydroxylation is 1. The number of amides is 1. The van der Waals surface area contributed by atoms with Crippen LogP contribution in [0.2, 0.25) is 0 Å². The van der Waals surface area contributed by atoms with E-state index in [1.165, 1.54) is 4.88 Å². The molecule has 1 aliphatic heterocycles. The molecule has 1 fully saturated rings. The van der Waals surface area contributed by atoms with Crippen LogP contribution in [-0.2, 0) is 21.1 Å². The molecule has 1 unspecified atom stereocenters. The molecule has 1 amide bonds. The second-order valence-electron chi connectivity index (χ2n) is 5.38. The largest absolute Gasteiger partial charge is 0.350 e. The molecule has 0 aliphatic carbocycles. The van der Waals surface area contributed by atoms with Gasteiger partial charge < -0.3 is 5.32 Å². The molecule has 4 nitrogen and oxygen atoms in total. The lowest BCUT2D eigenvalue weighted by Crippen LogP contribution is -2.46. The SMILES string of the molecule is CC1(NC(=O)CCCc2cccs2)CCS(=O)(=O)C1. The molecule has 1 aromatic heterocycles. The van der Waals surface area contributed by atoms with Gasteiger partial charge in [-0.3, -0.25) is 4.79 Å². The van der Waals surface area contributed by atoms with Gasteiger partial charge in [-0.15, -0.1) is 11.3 Å². The van der Waals surface area contributed by atoms with Gasteiger partial charge in [-0.1, -0.05) is 6.07 Å². The highest BCUT2D eigenvalue weighted by Gasteiger charge is 2.39. The first-order valence-corrected chi connectivity index (χ1v) is 9.13. The van der Waals surface area contributed by atoms with Gasteiger partial charge in [0.25, 0.3) is 0 Å². The highest BCUT2D eigenvalue weighted by Crippen LogP contribution is 2.23. The van der Waals surface area contributed by atoms with Crippen molar-refractivity contribution in [2.45, 2.75) is 38.1 Å². The molecule has 1 N–H and O–H groups in total. The molecule has 1 atom stereocenters. The maximum atomic E-state index is 11.8. The Hall–Kier alpha value is -0.880. The maximum Gasteiger partial charge on any atom is 0.220 e. The van der Waals surface area contributed by atoms with Gasteiger partial charge >= 0.3 is 0 Å². The average Bonchev–Trinajstić information content (AvgIpc) is 2.87. The van der Waals surface area contributed by atoms with Crippen molar-refractivity contribution in [1.82, 2.24) is 5.32 Å². The molecule has 0 bridgehead atoms. The fraction of sp³-hybridized carbons (Fsp3) is 0.615. The smallest absolute Gasteiger partial charge is 0.220 e. The van der Waals surface area contributed by atoms with Gasteiger partial charge in [0.15, 0.2) is 9.84 Å². The Morgan fingerprint density at radius 3 is 2.89 bits per heavy atom. The van der Waals surface area contributed by atoms with Crippen LogP contribution in [0.4, 0.5) is 0 Å². The van der Waals surface area contributed by atoms with E-state index in [-0.39, 0.29) is 17.4 Å². The number of thiophene rings is 1. The zero-order valence-electron chi connectivity index (χ0n) is 11.0. The third-order valence-electron chi connectivity index (χ3n) is 3.35. The van der Waals surface area contributed by atoms with Gasteiger partial charge in [0.05, 0.1) is 17.0 Å². The molecule has 0 aromatic carbocycles. The van der Waals surface area contributed by atoms with Gasteiger partial charge in [0.2, 0.25) is 5.91 Å². The van der Waals surface area contributed by atoms with Crippen molar-refractivity contribution < 1.29 is 13.2 Å². The standard InChI is InChI=1S/C13H19NO3S2/c1-13(7-9-19(16,17)10-13)14-12(15)6-2-4-11-5-3-8-18-11/h3,5,8H,2,4,6-7,9-10H2,1H3,(H,14,15). The lowest BCUT2D eigenvalue weighted by Gasteiger charge is -2.23. The molecular weight excluding hydrogens is 282 g/mol. The van der Waals surface area contributed by atoms with Gasteiger partial charge in [0.1, 0.15) is 0 Å². The van der Waals surface area contributed by atoms with Crippen LogP contribution in [0.5, 0.6) is 0 Å². The Kier molecular flexibility index (Phi) is 4.30. The number of sulfone groups is 1. The lowest BCUT2D eigenvalue weighted by atomic mass is 10.0. The molecule has 6 heteroatoms. The summed E-state index contributed by atoms with van der Waals surface area (Å²) in [7, 11) is -2.97. The van der Waals surface area contributed by atoms with E-state index in [4.69, 9.17) is 0 Å². The fourth-order valence-electron chi connectivity index (χ4n) is 2.39. The summed E-state index contributed by atoms with van der Waals surface area (Å²) >= 11 is 1.70. The number of hydrogen-bond donors (Lipinski definition) is 1. The number of hydrogen-bond acceptors (Lipinski definition) is 4. The average molecular weight is 301 g/mol. The highest BCUT2D eigenvalue weighted by atomic mass is 32.2. The molecule has 19 heavy (non-hydrogen) atoms. The number of rotatable bonds is 5. The monoisotopic (exact) mass is 301 g/mol. The normalized spacial score (nSPS) is 25.3. The first-order chi connectivity index (χ1) is 8.89. The summed E-state index contributed by atoms with van der Waals surface area (Å²) in [4.78, 5) is 13.1. The van der Waals surface area contributed by atoms with Crippen LogP contribution in [0, 0.1) is 0 Å². The fourth-order valence-corrected chi connectivity index (χ4v) is 5.23. The van der Waals surface area contributed by atoms with Crippen molar-refractivity contribution in [3.8, 4) is 0 Å². The van der Waals surface area contributed by atoms with Gasteiger partial charge in [-0.2, -0.15) is 0 Å². The van der Waals surface area contributed by atoms with Crippen LogP contribution < -0.4 is 5.32 Å². The minimum Gasteiger partial charge on any atom is -0.350 e. The van der Waals surface area contributed by atoms with Gasteiger partial charge in [0, 0.05) is 11.3 Å². The molecule has 1 aliphatic rings. The van der Waals surface area contributed by atoms with Crippen molar-refractivity contribution >= 4 is 27.1 Å². The van der Waals surface area contributed by atoms with E-state index in [1.807, 2.05) is 18.4 Å². The third-order valence-corrected chi connectivity index (χ3v) is 6.19. The van der Waals surface area contributed by atoms with Crippen LogP contribution in [-0.4, -0.2) is 31.4 Å². The van der Waals surface area contributed by atoms with E-state index in [1.54, 1.807) is 11.3 Å². The Labute approximate surface area is 118 Å². The molecule has 1 aromatic rings. The van der Waals surface area contributed by atoms with Crippen LogP contribution in [0.25, 0.3) is 0 Å². The van der Waals surface area contributed by atoms with Crippen LogP contribution in [0.15, 0.2) is 17.5 Å². The Morgan fingerprint density at radius 2 is 2.32 bits per heavy atom. The summed E-state index contributed by atoms with van der Waals surface area (Å²) in [5.41, 5.74) is -0.571. The van der Waals surface area contributed by atoms with Gasteiger partial charge in [-0.05, 0) is 37.6 Å². The van der Waals surface area contributed by atoms with Crippen LogP contribution in [0.1, 0.15) is 31.1 Å². The van der Waals surface area contributed by atoms with E-state index in [0.717, 1.165) is 12.8 Å².